The van der Waals surface area contributed by atoms with Gasteiger partial charge >= 0.3 is 5.97 Å². The summed E-state index contributed by atoms with van der Waals surface area (Å²) in [4.78, 5) is 16.3. The number of nitrogens with zero attached hydrogens (tertiary/aromatic N) is 2. The summed E-state index contributed by atoms with van der Waals surface area (Å²) in [5, 5.41) is 8.89. The predicted molar refractivity (Wildman–Crippen MR) is 58.7 cm³/mol. The molecular weight excluding hydrogens is 227 g/mol. The lowest BCUT2D eigenvalue weighted by atomic mass is 10.1. The number of halogens is 1. The first-order chi connectivity index (χ1) is 8.10. The molecule has 17 heavy (non-hydrogen) atoms. The molecule has 1 saturated heterocycles. The number of carbonyl (C=O) groups is 1. The van der Waals surface area contributed by atoms with Gasteiger partial charge in [0.2, 0.25) is 5.95 Å². The molecule has 0 aromatic carbocycles. The van der Waals surface area contributed by atoms with E-state index in [1.54, 1.807) is 11.0 Å². The summed E-state index contributed by atoms with van der Waals surface area (Å²) < 4.78 is 18.1. The van der Waals surface area contributed by atoms with Crippen molar-refractivity contribution in [3.63, 3.8) is 0 Å². The number of aromatic nitrogens is 1. The topological polar surface area (TPSA) is 62.7 Å². The SMILES string of the molecule is COc1cc(F)nc(N2CC[C@H](C(=O)O)C2)c1. The van der Waals surface area contributed by atoms with Crippen LogP contribution in [0.25, 0.3) is 0 Å². The minimum Gasteiger partial charge on any atom is -0.496 e. The Morgan fingerprint density at radius 1 is 1.65 bits per heavy atom. The van der Waals surface area contributed by atoms with Crippen molar-refractivity contribution < 1.29 is 19.0 Å². The normalized spacial score (nSPS) is 19.4. The minimum absolute atomic E-state index is 0.356. The van der Waals surface area contributed by atoms with Gasteiger partial charge in [0.05, 0.1) is 13.0 Å². The van der Waals surface area contributed by atoms with Gasteiger partial charge in [-0.15, -0.1) is 0 Å². The number of pyridine rings is 1. The molecule has 0 amide bonds. The first kappa shape index (κ1) is 11.6. The molecule has 1 N–H and O–H groups in total. The second-order valence-electron chi connectivity index (χ2n) is 3.96. The van der Waals surface area contributed by atoms with Crippen molar-refractivity contribution in [1.82, 2.24) is 4.98 Å². The van der Waals surface area contributed by atoms with E-state index in [2.05, 4.69) is 4.98 Å². The number of methoxy groups -OCH3 is 1. The van der Waals surface area contributed by atoms with E-state index in [-0.39, 0.29) is 0 Å². The number of aliphatic carboxylic acids is 1. The molecule has 0 aliphatic carbocycles. The number of ether oxygens (including phenoxy) is 1. The summed E-state index contributed by atoms with van der Waals surface area (Å²) in [7, 11) is 1.45. The quantitative estimate of drug-likeness (QED) is 0.803. The zero-order valence-corrected chi connectivity index (χ0v) is 9.39. The predicted octanol–water partition coefficient (Wildman–Crippen LogP) is 1.14. The maximum atomic E-state index is 13.2. The highest BCUT2D eigenvalue weighted by Gasteiger charge is 2.29. The molecule has 1 aromatic rings. The van der Waals surface area contributed by atoms with Crippen LogP contribution >= 0.6 is 0 Å². The van der Waals surface area contributed by atoms with Crippen LogP contribution in [0.15, 0.2) is 12.1 Å². The summed E-state index contributed by atoms with van der Waals surface area (Å²) in [6, 6.07) is 2.79. The second kappa shape index (κ2) is 4.57. The molecule has 1 aromatic heterocycles. The van der Waals surface area contributed by atoms with Crippen molar-refractivity contribution in [2.75, 3.05) is 25.1 Å². The summed E-state index contributed by atoms with van der Waals surface area (Å²) in [5.74, 6) is -1.06. The number of anilines is 1. The summed E-state index contributed by atoms with van der Waals surface area (Å²) in [6.07, 6.45) is 0.551. The number of hydrogen-bond acceptors (Lipinski definition) is 4. The monoisotopic (exact) mass is 240 g/mol. The highest BCUT2D eigenvalue weighted by Crippen LogP contribution is 2.25. The van der Waals surface area contributed by atoms with E-state index in [1.807, 2.05) is 0 Å². The second-order valence-corrected chi connectivity index (χ2v) is 3.96. The zero-order chi connectivity index (χ0) is 12.4. The van der Waals surface area contributed by atoms with Crippen LogP contribution < -0.4 is 9.64 Å². The molecule has 1 aliphatic rings. The average molecular weight is 240 g/mol. The van der Waals surface area contributed by atoms with Gasteiger partial charge in [-0.1, -0.05) is 0 Å². The van der Waals surface area contributed by atoms with Crippen molar-refractivity contribution >= 4 is 11.8 Å². The molecule has 0 unspecified atom stereocenters. The van der Waals surface area contributed by atoms with Crippen molar-refractivity contribution in [3.8, 4) is 5.75 Å². The Kier molecular flexibility index (Phi) is 3.12. The lowest BCUT2D eigenvalue weighted by Gasteiger charge is -2.17. The highest BCUT2D eigenvalue weighted by molar-refractivity contribution is 5.71. The molecule has 6 heteroatoms. The van der Waals surface area contributed by atoms with Gasteiger partial charge in [-0.05, 0) is 6.42 Å². The van der Waals surface area contributed by atoms with E-state index in [1.165, 1.54) is 13.2 Å². The number of rotatable bonds is 3. The zero-order valence-electron chi connectivity index (χ0n) is 9.39. The van der Waals surface area contributed by atoms with Crippen molar-refractivity contribution in [1.29, 1.82) is 0 Å². The van der Waals surface area contributed by atoms with Gasteiger partial charge in [-0.25, -0.2) is 4.98 Å². The van der Waals surface area contributed by atoms with Gasteiger partial charge in [0.1, 0.15) is 11.6 Å². The van der Waals surface area contributed by atoms with Crippen LogP contribution in [0.5, 0.6) is 5.75 Å². The summed E-state index contributed by atoms with van der Waals surface area (Å²) in [5.41, 5.74) is 0. The van der Waals surface area contributed by atoms with Crippen LogP contribution in [0.4, 0.5) is 10.2 Å². The van der Waals surface area contributed by atoms with E-state index >= 15 is 0 Å². The van der Waals surface area contributed by atoms with Gasteiger partial charge in [-0.3, -0.25) is 4.79 Å². The van der Waals surface area contributed by atoms with Gasteiger partial charge < -0.3 is 14.7 Å². The van der Waals surface area contributed by atoms with Gasteiger partial charge in [0, 0.05) is 25.2 Å². The smallest absolute Gasteiger partial charge is 0.308 e. The third kappa shape index (κ3) is 2.46. The summed E-state index contributed by atoms with van der Waals surface area (Å²) >= 11 is 0. The third-order valence-electron chi connectivity index (χ3n) is 2.85. The molecule has 0 saturated carbocycles. The first-order valence-electron chi connectivity index (χ1n) is 5.29. The van der Waals surface area contributed by atoms with Crippen molar-refractivity contribution in [2.45, 2.75) is 6.42 Å². The number of carboxylic acid groups (broad SMARTS) is 1. The van der Waals surface area contributed by atoms with Crippen LogP contribution in [0.3, 0.4) is 0 Å². The standard InChI is InChI=1S/C11H13FN2O3/c1-17-8-4-9(12)13-10(5-8)14-3-2-7(6-14)11(15)16/h4-5,7H,2-3,6H2,1H3,(H,15,16)/t7-/m0/s1. The maximum Gasteiger partial charge on any atom is 0.308 e. The summed E-state index contributed by atoms with van der Waals surface area (Å²) in [6.45, 7) is 0.922. The molecule has 1 atom stereocenters. The van der Waals surface area contributed by atoms with E-state index in [0.717, 1.165) is 0 Å². The number of carboxylic acids is 1. The fourth-order valence-corrected chi connectivity index (χ4v) is 1.91. The van der Waals surface area contributed by atoms with Crippen LogP contribution in [0, 0.1) is 11.9 Å². The molecule has 0 radical (unpaired) electrons. The Morgan fingerprint density at radius 2 is 2.41 bits per heavy atom. The molecular formula is C11H13FN2O3. The Morgan fingerprint density at radius 3 is 3.00 bits per heavy atom. The first-order valence-corrected chi connectivity index (χ1v) is 5.29. The molecule has 1 aliphatic heterocycles. The van der Waals surface area contributed by atoms with Crippen LogP contribution in [0.1, 0.15) is 6.42 Å². The molecule has 1 fully saturated rings. The van der Waals surface area contributed by atoms with E-state index in [0.29, 0.717) is 31.1 Å². The van der Waals surface area contributed by atoms with E-state index < -0.39 is 17.8 Å². The molecule has 0 spiro atoms. The molecule has 2 heterocycles. The lowest BCUT2D eigenvalue weighted by molar-refractivity contribution is -0.140. The van der Waals surface area contributed by atoms with Crippen LogP contribution in [0.2, 0.25) is 0 Å². The van der Waals surface area contributed by atoms with Crippen molar-refractivity contribution in [3.05, 3.63) is 18.1 Å². The molecule has 0 bridgehead atoms. The third-order valence-corrected chi connectivity index (χ3v) is 2.85. The minimum atomic E-state index is -0.823. The Labute approximate surface area is 97.8 Å². The van der Waals surface area contributed by atoms with Crippen LogP contribution in [-0.2, 0) is 4.79 Å². The Bertz CT molecular complexity index is 439. The largest absolute Gasteiger partial charge is 0.496 e. The number of hydrogen-bond donors (Lipinski definition) is 1. The fourth-order valence-electron chi connectivity index (χ4n) is 1.91. The van der Waals surface area contributed by atoms with Gasteiger partial charge in [-0.2, -0.15) is 4.39 Å². The molecule has 5 nitrogen and oxygen atoms in total. The van der Waals surface area contributed by atoms with Crippen molar-refractivity contribution in [2.24, 2.45) is 5.92 Å². The maximum absolute atomic E-state index is 13.2. The lowest BCUT2D eigenvalue weighted by Crippen LogP contribution is -2.23. The fraction of sp³-hybridized carbons (Fsp3) is 0.455. The Hall–Kier alpha value is -1.85. The van der Waals surface area contributed by atoms with E-state index in [9.17, 15) is 9.18 Å². The van der Waals surface area contributed by atoms with Crippen LogP contribution in [-0.4, -0.2) is 36.3 Å². The Balaban J connectivity index is 2.18. The molecule has 92 valence electrons. The van der Waals surface area contributed by atoms with Gasteiger partial charge in [0.25, 0.3) is 0 Å². The van der Waals surface area contributed by atoms with Gasteiger partial charge in [0.15, 0.2) is 0 Å². The highest BCUT2D eigenvalue weighted by atomic mass is 19.1. The van der Waals surface area contributed by atoms with E-state index in [4.69, 9.17) is 9.84 Å². The molecule has 2 rings (SSSR count). The average Bonchev–Trinajstić information content (AvgIpc) is 2.77.